The van der Waals surface area contributed by atoms with Gasteiger partial charge >= 0.3 is 0 Å². The average molecular weight is 255 g/mol. The molecule has 0 aliphatic rings. The van der Waals surface area contributed by atoms with Crippen LogP contribution in [0.2, 0.25) is 0 Å². The van der Waals surface area contributed by atoms with Gasteiger partial charge in [0.15, 0.2) is 0 Å². The van der Waals surface area contributed by atoms with Gasteiger partial charge in [-0.25, -0.2) is 4.98 Å². The van der Waals surface area contributed by atoms with E-state index in [1.165, 1.54) is 6.92 Å². The van der Waals surface area contributed by atoms with Crippen molar-refractivity contribution in [2.45, 2.75) is 13.5 Å². The van der Waals surface area contributed by atoms with E-state index in [1.54, 1.807) is 17.1 Å². The van der Waals surface area contributed by atoms with Crippen LogP contribution in [0.15, 0.2) is 43.0 Å². The highest BCUT2D eigenvalue weighted by Gasteiger charge is 2.04. The number of carbonyl (C=O) groups excluding carboxylic acids is 1. The van der Waals surface area contributed by atoms with E-state index in [4.69, 9.17) is 0 Å². The predicted octanol–water partition coefficient (Wildman–Crippen LogP) is 1.54. The van der Waals surface area contributed by atoms with E-state index in [2.05, 4.69) is 15.4 Å². The second-order valence-electron chi connectivity index (χ2n) is 4.31. The fourth-order valence-electron chi connectivity index (χ4n) is 1.95. The van der Waals surface area contributed by atoms with Crippen LogP contribution in [0.4, 0.5) is 5.69 Å². The number of amides is 1. The number of nitrogens with zero attached hydrogens (tertiary/aromatic N) is 4. The molecule has 0 unspecified atom stereocenters. The Kier molecular flexibility index (Phi) is 2.75. The normalized spacial score (nSPS) is 10.8. The van der Waals surface area contributed by atoms with Crippen molar-refractivity contribution in [1.29, 1.82) is 0 Å². The van der Waals surface area contributed by atoms with E-state index < -0.39 is 0 Å². The number of hydrogen-bond acceptors (Lipinski definition) is 3. The molecule has 96 valence electrons. The lowest BCUT2D eigenvalue weighted by Gasteiger charge is -1.97. The van der Waals surface area contributed by atoms with Crippen LogP contribution in [-0.2, 0) is 11.3 Å². The van der Waals surface area contributed by atoms with Crippen molar-refractivity contribution in [3.63, 3.8) is 0 Å². The molecule has 0 bridgehead atoms. The molecule has 0 atom stereocenters. The smallest absolute Gasteiger partial charge is 0.221 e. The quantitative estimate of drug-likeness (QED) is 0.772. The summed E-state index contributed by atoms with van der Waals surface area (Å²) in [7, 11) is 0. The minimum absolute atomic E-state index is 0.104. The van der Waals surface area contributed by atoms with Crippen molar-refractivity contribution in [2.24, 2.45) is 0 Å². The standard InChI is InChI=1S/C13H13N5O/c1-10(19)15-11-6-14-18(8-11)9-12-7-17-5-3-2-4-13(17)16-12/h2-8H,9H2,1H3,(H,15,19). The second-order valence-corrected chi connectivity index (χ2v) is 4.31. The van der Waals surface area contributed by atoms with Gasteiger partial charge in [-0.05, 0) is 12.1 Å². The van der Waals surface area contributed by atoms with Crippen LogP contribution in [0.1, 0.15) is 12.6 Å². The summed E-state index contributed by atoms with van der Waals surface area (Å²) in [5.41, 5.74) is 2.52. The molecular formula is C13H13N5O. The Morgan fingerprint density at radius 3 is 3.05 bits per heavy atom. The summed E-state index contributed by atoms with van der Waals surface area (Å²) >= 11 is 0. The fourth-order valence-corrected chi connectivity index (χ4v) is 1.95. The van der Waals surface area contributed by atoms with Gasteiger partial charge in [0.25, 0.3) is 0 Å². The van der Waals surface area contributed by atoms with Gasteiger partial charge in [0, 0.05) is 25.5 Å². The number of hydrogen-bond donors (Lipinski definition) is 1. The van der Waals surface area contributed by atoms with Crippen LogP contribution in [0.25, 0.3) is 5.65 Å². The van der Waals surface area contributed by atoms with Crippen LogP contribution in [-0.4, -0.2) is 25.1 Å². The molecule has 0 saturated heterocycles. The molecule has 0 aliphatic carbocycles. The number of fused-ring (bicyclic) bond motifs is 1. The molecule has 0 aliphatic heterocycles. The molecule has 0 aromatic carbocycles. The van der Waals surface area contributed by atoms with Crippen molar-refractivity contribution in [2.75, 3.05) is 5.32 Å². The van der Waals surface area contributed by atoms with E-state index in [0.717, 1.165) is 11.3 Å². The highest BCUT2D eigenvalue weighted by atomic mass is 16.1. The number of rotatable bonds is 3. The first kappa shape index (κ1) is 11.5. The molecule has 3 rings (SSSR count). The van der Waals surface area contributed by atoms with Crippen LogP contribution in [0.5, 0.6) is 0 Å². The molecule has 0 saturated carbocycles. The molecule has 19 heavy (non-hydrogen) atoms. The molecule has 1 N–H and O–H groups in total. The van der Waals surface area contributed by atoms with Gasteiger partial charge < -0.3 is 9.72 Å². The van der Waals surface area contributed by atoms with Crippen LogP contribution < -0.4 is 5.32 Å². The van der Waals surface area contributed by atoms with Gasteiger partial charge in [-0.2, -0.15) is 5.10 Å². The molecule has 6 heteroatoms. The minimum atomic E-state index is -0.104. The Hall–Kier alpha value is -2.63. The van der Waals surface area contributed by atoms with Gasteiger partial charge in [-0.15, -0.1) is 0 Å². The Bertz CT molecular complexity index is 694. The maximum atomic E-state index is 10.9. The number of anilines is 1. The predicted molar refractivity (Wildman–Crippen MR) is 70.8 cm³/mol. The lowest BCUT2D eigenvalue weighted by Crippen LogP contribution is -2.05. The Labute approximate surface area is 109 Å². The topological polar surface area (TPSA) is 64.2 Å². The molecule has 0 radical (unpaired) electrons. The summed E-state index contributed by atoms with van der Waals surface area (Å²) in [6.07, 6.45) is 7.33. The SMILES string of the molecule is CC(=O)Nc1cnn(Cc2cn3ccccc3n2)c1. The van der Waals surface area contributed by atoms with Crippen molar-refractivity contribution in [1.82, 2.24) is 19.2 Å². The zero-order chi connectivity index (χ0) is 13.2. The first-order valence-corrected chi connectivity index (χ1v) is 5.93. The maximum Gasteiger partial charge on any atom is 0.221 e. The highest BCUT2D eigenvalue weighted by molar-refractivity contribution is 5.88. The van der Waals surface area contributed by atoms with E-state index in [0.29, 0.717) is 12.2 Å². The second kappa shape index (κ2) is 4.56. The number of aromatic nitrogens is 4. The monoisotopic (exact) mass is 255 g/mol. The summed E-state index contributed by atoms with van der Waals surface area (Å²) in [5, 5.41) is 6.88. The minimum Gasteiger partial charge on any atom is -0.324 e. The van der Waals surface area contributed by atoms with E-state index in [-0.39, 0.29) is 5.91 Å². The third-order valence-electron chi connectivity index (χ3n) is 2.69. The Morgan fingerprint density at radius 1 is 1.37 bits per heavy atom. The molecule has 3 aromatic heterocycles. The molecule has 3 aromatic rings. The number of pyridine rings is 1. The first-order chi connectivity index (χ1) is 9.20. The lowest BCUT2D eigenvalue weighted by atomic mass is 10.5. The molecule has 6 nitrogen and oxygen atoms in total. The molecule has 0 fully saturated rings. The largest absolute Gasteiger partial charge is 0.324 e. The molecule has 1 amide bonds. The summed E-state index contributed by atoms with van der Waals surface area (Å²) in [6, 6.07) is 5.87. The van der Waals surface area contributed by atoms with Crippen molar-refractivity contribution in [3.8, 4) is 0 Å². The van der Waals surface area contributed by atoms with E-state index in [1.807, 2.05) is 35.0 Å². The van der Waals surface area contributed by atoms with Gasteiger partial charge in [0.2, 0.25) is 5.91 Å². The highest BCUT2D eigenvalue weighted by Crippen LogP contribution is 2.09. The molecule has 3 heterocycles. The van der Waals surface area contributed by atoms with Crippen molar-refractivity contribution >= 4 is 17.2 Å². The Balaban J connectivity index is 1.80. The van der Waals surface area contributed by atoms with Gasteiger partial charge in [0.1, 0.15) is 5.65 Å². The maximum absolute atomic E-state index is 10.9. The third-order valence-corrected chi connectivity index (χ3v) is 2.69. The van der Waals surface area contributed by atoms with Gasteiger partial charge in [-0.1, -0.05) is 6.07 Å². The van der Waals surface area contributed by atoms with E-state index >= 15 is 0 Å². The van der Waals surface area contributed by atoms with Gasteiger partial charge in [-0.3, -0.25) is 9.48 Å². The lowest BCUT2D eigenvalue weighted by molar-refractivity contribution is -0.114. The fraction of sp³-hybridized carbons (Fsp3) is 0.154. The zero-order valence-corrected chi connectivity index (χ0v) is 10.4. The first-order valence-electron chi connectivity index (χ1n) is 5.93. The average Bonchev–Trinajstić information content (AvgIpc) is 2.94. The third kappa shape index (κ3) is 2.47. The van der Waals surface area contributed by atoms with Crippen molar-refractivity contribution < 1.29 is 4.79 Å². The summed E-state index contributed by atoms with van der Waals surface area (Å²) in [5.74, 6) is -0.104. The summed E-state index contributed by atoms with van der Waals surface area (Å²) < 4.78 is 3.71. The van der Waals surface area contributed by atoms with Crippen LogP contribution in [0.3, 0.4) is 0 Å². The zero-order valence-electron chi connectivity index (χ0n) is 10.4. The van der Waals surface area contributed by atoms with Gasteiger partial charge in [0.05, 0.1) is 24.1 Å². The molecule has 0 spiro atoms. The molecular weight excluding hydrogens is 242 g/mol. The van der Waals surface area contributed by atoms with E-state index in [9.17, 15) is 4.79 Å². The number of nitrogens with one attached hydrogen (secondary N) is 1. The number of imidazole rings is 1. The van der Waals surface area contributed by atoms with Crippen LogP contribution in [0, 0.1) is 0 Å². The summed E-state index contributed by atoms with van der Waals surface area (Å²) in [6.45, 7) is 2.04. The van der Waals surface area contributed by atoms with Crippen LogP contribution >= 0.6 is 0 Å². The Morgan fingerprint density at radius 2 is 2.26 bits per heavy atom. The summed E-state index contributed by atoms with van der Waals surface area (Å²) in [4.78, 5) is 15.4. The number of carbonyl (C=O) groups is 1. The van der Waals surface area contributed by atoms with Crippen molar-refractivity contribution in [3.05, 3.63) is 48.7 Å².